The molecule has 0 aromatic carbocycles. The van der Waals surface area contributed by atoms with Crippen LogP contribution in [0.5, 0.6) is 0 Å². The average Bonchev–Trinajstić information content (AvgIpc) is 2.57. The monoisotopic (exact) mass is 316 g/mol. The Labute approximate surface area is 139 Å². The summed E-state index contributed by atoms with van der Waals surface area (Å²) in [7, 11) is 0. The highest BCUT2D eigenvalue weighted by Gasteiger charge is 2.33. The lowest BCUT2D eigenvalue weighted by Gasteiger charge is -2.36. The normalized spacial score (nSPS) is 22.5. The van der Waals surface area contributed by atoms with Gasteiger partial charge in [-0.05, 0) is 25.2 Å². The summed E-state index contributed by atoms with van der Waals surface area (Å²) in [6.45, 7) is 5.83. The topological polar surface area (TPSA) is 40.6 Å². The Kier molecular flexibility index (Phi) is 6.70. The third-order valence-corrected chi connectivity index (χ3v) is 5.00. The number of terminal acetylenes is 1. The van der Waals surface area contributed by atoms with Crippen molar-refractivity contribution in [3.05, 3.63) is 12.7 Å². The van der Waals surface area contributed by atoms with Crippen molar-refractivity contribution in [2.75, 3.05) is 26.2 Å². The smallest absolute Gasteiger partial charge is 0.228 e. The number of hydrogen-bond donors (Lipinski definition) is 0. The summed E-state index contributed by atoms with van der Waals surface area (Å²) in [5.41, 5.74) is 0. The first-order valence-electron chi connectivity index (χ1n) is 8.76. The van der Waals surface area contributed by atoms with Gasteiger partial charge in [-0.25, -0.2) is 0 Å². The molecule has 0 spiro atoms. The molecule has 0 bridgehead atoms. The largest absolute Gasteiger partial charge is 0.342 e. The second-order valence-corrected chi connectivity index (χ2v) is 6.75. The number of hydrogen-bond acceptors (Lipinski definition) is 2. The van der Waals surface area contributed by atoms with Crippen LogP contribution in [0.15, 0.2) is 12.7 Å². The molecule has 126 valence electrons. The number of piperidine rings is 1. The van der Waals surface area contributed by atoms with Crippen molar-refractivity contribution in [3.8, 4) is 12.3 Å². The second kappa shape index (κ2) is 8.76. The summed E-state index contributed by atoms with van der Waals surface area (Å²) in [5, 5.41) is 0. The molecule has 2 aliphatic rings. The predicted octanol–water partition coefficient (Wildman–Crippen LogP) is 2.45. The van der Waals surface area contributed by atoms with E-state index in [2.05, 4.69) is 12.5 Å². The van der Waals surface area contributed by atoms with Crippen molar-refractivity contribution in [1.29, 1.82) is 0 Å². The lowest BCUT2D eigenvalue weighted by atomic mass is 9.87. The van der Waals surface area contributed by atoms with Crippen molar-refractivity contribution in [1.82, 2.24) is 9.80 Å². The lowest BCUT2D eigenvalue weighted by molar-refractivity contribution is -0.143. The van der Waals surface area contributed by atoms with Gasteiger partial charge in [0.15, 0.2) is 0 Å². The van der Waals surface area contributed by atoms with E-state index < -0.39 is 0 Å². The highest BCUT2D eigenvalue weighted by atomic mass is 16.2. The Morgan fingerprint density at radius 3 is 2.74 bits per heavy atom. The van der Waals surface area contributed by atoms with E-state index >= 15 is 0 Å². The van der Waals surface area contributed by atoms with Crippen molar-refractivity contribution in [3.63, 3.8) is 0 Å². The fourth-order valence-electron chi connectivity index (χ4n) is 3.73. The minimum Gasteiger partial charge on any atom is -0.342 e. The molecular formula is C19H28N2O2. The van der Waals surface area contributed by atoms with Crippen LogP contribution in [-0.4, -0.2) is 47.8 Å². The van der Waals surface area contributed by atoms with E-state index in [4.69, 9.17) is 6.42 Å². The van der Waals surface area contributed by atoms with Gasteiger partial charge in [-0.15, -0.1) is 13.0 Å². The standard InChI is InChI=1S/C19H28N2O2/c1-3-12-20(13-4-2)19(23)17-10-11-18(22)21(15-17)14-16-8-6-5-7-9-16/h1,4,16-17H,2,5-15H2/t17-/m1/s1. The van der Waals surface area contributed by atoms with E-state index in [0.717, 1.165) is 6.54 Å². The summed E-state index contributed by atoms with van der Waals surface area (Å²) in [6, 6.07) is 0. The summed E-state index contributed by atoms with van der Waals surface area (Å²) in [6.07, 6.45) is 14.4. The van der Waals surface area contributed by atoms with Gasteiger partial charge in [0, 0.05) is 26.1 Å². The molecule has 1 aliphatic carbocycles. The molecule has 2 rings (SSSR count). The third-order valence-electron chi connectivity index (χ3n) is 5.00. The molecule has 0 aromatic rings. The van der Waals surface area contributed by atoms with E-state index in [1.54, 1.807) is 11.0 Å². The molecule has 2 fully saturated rings. The highest BCUT2D eigenvalue weighted by molar-refractivity contribution is 5.84. The predicted molar refractivity (Wildman–Crippen MR) is 91.5 cm³/mol. The quantitative estimate of drug-likeness (QED) is 0.558. The van der Waals surface area contributed by atoms with Gasteiger partial charge in [-0.2, -0.15) is 0 Å². The van der Waals surface area contributed by atoms with Gasteiger partial charge in [0.2, 0.25) is 11.8 Å². The number of carbonyl (C=O) groups is 2. The van der Waals surface area contributed by atoms with Crippen LogP contribution in [0.1, 0.15) is 44.9 Å². The average molecular weight is 316 g/mol. The molecule has 4 nitrogen and oxygen atoms in total. The first kappa shape index (κ1) is 17.6. The number of likely N-dealkylation sites (tertiary alicyclic amines) is 1. The first-order valence-corrected chi connectivity index (χ1v) is 8.76. The fourth-order valence-corrected chi connectivity index (χ4v) is 3.73. The Hall–Kier alpha value is -1.76. The zero-order valence-corrected chi connectivity index (χ0v) is 14.0. The Balaban J connectivity index is 1.95. The Morgan fingerprint density at radius 1 is 1.35 bits per heavy atom. The van der Waals surface area contributed by atoms with Gasteiger partial charge in [-0.3, -0.25) is 9.59 Å². The number of carbonyl (C=O) groups excluding carboxylic acids is 2. The van der Waals surface area contributed by atoms with Crippen LogP contribution in [0.2, 0.25) is 0 Å². The summed E-state index contributed by atoms with van der Waals surface area (Å²) in [4.78, 5) is 28.5. The maximum absolute atomic E-state index is 12.7. The molecule has 1 atom stereocenters. The molecule has 0 N–H and O–H groups in total. The molecule has 4 heteroatoms. The van der Waals surface area contributed by atoms with Gasteiger partial charge < -0.3 is 9.80 Å². The van der Waals surface area contributed by atoms with E-state index in [1.807, 2.05) is 4.90 Å². The van der Waals surface area contributed by atoms with Crippen LogP contribution in [0.25, 0.3) is 0 Å². The zero-order chi connectivity index (χ0) is 16.7. The van der Waals surface area contributed by atoms with Crippen molar-refractivity contribution in [2.45, 2.75) is 44.9 Å². The van der Waals surface area contributed by atoms with Crippen molar-refractivity contribution >= 4 is 11.8 Å². The van der Waals surface area contributed by atoms with E-state index in [0.29, 0.717) is 38.4 Å². The van der Waals surface area contributed by atoms with Gasteiger partial charge in [0.1, 0.15) is 0 Å². The van der Waals surface area contributed by atoms with Crippen molar-refractivity contribution in [2.24, 2.45) is 11.8 Å². The molecule has 23 heavy (non-hydrogen) atoms. The SMILES string of the molecule is C#CCN(CC=C)C(=O)[C@@H]1CCC(=O)N(CC2CCCCC2)C1. The number of rotatable bonds is 6. The van der Waals surface area contributed by atoms with E-state index in [9.17, 15) is 9.59 Å². The van der Waals surface area contributed by atoms with Crippen LogP contribution in [0, 0.1) is 24.2 Å². The lowest BCUT2D eigenvalue weighted by Crippen LogP contribution is -2.48. The molecule has 1 heterocycles. The second-order valence-electron chi connectivity index (χ2n) is 6.75. The molecule has 1 saturated carbocycles. The van der Waals surface area contributed by atoms with Gasteiger partial charge in [0.05, 0.1) is 12.5 Å². The minimum atomic E-state index is -0.121. The Bertz CT molecular complexity index is 474. The first-order chi connectivity index (χ1) is 11.2. The fraction of sp³-hybridized carbons (Fsp3) is 0.684. The molecule has 0 unspecified atom stereocenters. The molecule has 1 aliphatic heterocycles. The van der Waals surface area contributed by atoms with Crippen LogP contribution < -0.4 is 0 Å². The summed E-state index contributed by atoms with van der Waals surface area (Å²) >= 11 is 0. The molecule has 0 radical (unpaired) electrons. The molecular weight excluding hydrogens is 288 g/mol. The summed E-state index contributed by atoms with van der Waals surface area (Å²) in [5.74, 6) is 3.28. The van der Waals surface area contributed by atoms with Crippen LogP contribution in [0.4, 0.5) is 0 Å². The van der Waals surface area contributed by atoms with Crippen molar-refractivity contribution < 1.29 is 9.59 Å². The molecule has 0 aromatic heterocycles. The minimum absolute atomic E-state index is 0.0593. The summed E-state index contributed by atoms with van der Waals surface area (Å²) < 4.78 is 0. The van der Waals surface area contributed by atoms with Gasteiger partial charge in [0.25, 0.3) is 0 Å². The molecule has 2 amide bonds. The van der Waals surface area contributed by atoms with Crippen LogP contribution in [-0.2, 0) is 9.59 Å². The number of amides is 2. The van der Waals surface area contributed by atoms with Gasteiger partial charge in [-0.1, -0.05) is 31.3 Å². The third kappa shape index (κ3) is 4.86. The van der Waals surface area contributed by atoms with E-state index in [1.165, 1.54) is 32.1 Å². The van der Waals surface area contributed by atoms with Crippen LogP contribution >= 0.6 is 0 Å². The maximum atomic E-state index is 12.7. The Morgan fingerprint density at radius 2 is 2.09 bits per heavy atom. The maximum Gasteiger partial charge on any atom is 0.228 e. The zero-order valence-electron chi connectivity index (χ0n) is 14.0. The highest BCUT2D eigenvalue weighted by Crippen LogP contribution is 2.27. The number of nitrogens with zero attached hydrogens (tertiary/aromatic N) is 2. The van der Waals surface area contributed by atoms with E-state index in [-0.39, 0.29) is 17.7 Å². The van der Waals surface area contributed by atoms with Gasteiger partial charge >= 0.3 is 0 Å². The van der Waals surface area contributed by atoms with Crippen LogP contribution in [0.3, 0.4) is 0 Å². The molecule has 1 saturated heterocycles.